The summed E-state index contributed by atoms with van der Waals surface area (Å²) in [5.74, 6) is 0.459. The molecule has 4 nitrogen and oxygen atoms in total. The monoisotopic (exact) mass is 364 g/mol. The number of nitrogens with one attached hydrogen (secondary N) is 1. The molecule has 0 atom stereocenters. The summed E-state index contributed by atoms with van der Waals surface area (Å²) in [6.07, 6.45) is 0. The molecule has 108 valence electrons. The molecule has 0 aliphatic carbocycles. The van der Waals surface area contributed by atoms with Crippen molar-refractivity contribution in [3.05, 3.63) is 58.6 Å². The number of amides is 1. The number of nitrogens with two attached hydrogens (primary N) is 1. The summed E-state index contributed by atoms with van der Waals surface area (Å²) in [4.78, 5) is 12.4. The quantitative estimate of drug-likeness (QED) is 0.798. The first-order valence-electron chi connectivity index (χ1n) is 6.13. The fourth-order valence-corrected chi connectivity index (χ4v) is 2.16. The minimum absolute atomic E-state index is 0.181. The molecule has 0 aliphatic rings. The van der Waals surface area contributed by atoms with Crippen molar-refractivity contribution in [1.29, 1.82) is 0 Å². The van der Waals surface area contributed by atoms with E-state index in [-0.39, 0.29) is 12.5 Å². The third-order valence-electron chi connectivity index (χ3n) is 2.61. The molecular formula is C15H13BrN2O2S. The molecule has 0 heterocycles. The lowest BCUT2D eigenvalue weighted by Crippen LogP contribution is -2.17. The number of carbonyl (C=O) groups is 1. The van der Waals surface area contributed by atoms with Crippen molar-refractivity contribution >= 4 is 44.7 Å². The Balaban J connectivity index is 2.02. The highest BCUT2D eigenvalue weighted by Crippen LogP contribution is 2.19. The molecule has 2 aromatic rings. The number of carbonyl (C=O) groups excluding carboxylic acids is 1. The van der Waals surface area contributed by atoms with Crippen LogP contribution in [0.2, 0.25) is 0 Å². The third-order valence-corrected chi connectivity index (χ3v) is 3.42. The van der Waals surface area contributed by atoms with Crippen LogP contribution in [0.1, 0.15) is 10.4 Å². The van der Waals surface area contributed by atoms with E-state index in [2.05, 4.69) is 21.2 Å². The average molecular weight is 365 g/mol. The summed E-state index contributed by atoms with van der Waals surface area (Å²) in [7, 11) is 0. The molecule has 0 saturated heterocycles. The minimum atomic E-state index is -0.181. The first kappa shape index (κ1) is 15.5. The van der Waals surface area contributed by atoms with E-state index in [0.29, 0.717) is 22.0 Å². The van der Waals surface area contributed by atoms with Gasteiger partial charge in [-0.3, -0.25) is 4.79 Å². The van der Waals surface area contributed by atoms with Crippen LogP contribution in [0.5, 0.6) is 5.75 Å². The lowest BCUT2D eigenvalue weighted by Gasteiger charge is -2.08. The number of benzene rings is 2. The molecular weight excluding hydrogens is 352 g/mol. The second kappa shape index (κ2) is 7.19. The zero-order valence-corrected chi connectivity index (χ0v) is 13.4. The molecule has 0 aliphatic heterocycles. The number of anilines is 1. The van der Waals surface area contributed by atoms with Gasteiger partial charge in [0.1, 0.15) is 17.3 Å². The molecule has 6 heteroatoms. The first-order valence-corrected chi connectivity index (χ1v) is 7.33. The van der Waals surface area contributed by atoms with Gasteiger partial charge in [0.25, 0.3) is 5.91 Å². The third kappa shape index (κ3) is 4.54. The fraction of sp³-hybridized carbons (Fsp3) is 0.0667. The molecule has 21 heavy (non-hydrogen) atoms. The Bertz CT molecular complexity index is 659. The first-order chi connectivity index (χ1) is 10.1. The lowest BCUT2D eigenvalue weighted by molar-refractivity contribution is 0.102. The van der Waals surface area contributed by atoms with Crippen molar-refractivity contribution in [2.24, 2.45) is 5.73 Å². The number of rotatable bonds is 5. The second-order valence-electron chi connectivity index (χ2n) is 4.21. The summed E-state index contributed by atoms with van der Waals surface area (Å²) >= 11 is 8.09. The normalized spacial score (nSPS) is 9.95. The molecule has 0 spiro atoms. The van der Waals surface area contributed by atoms with Crippen molar-refractivity contribution < 1.29 is 9.53 Å². The van der Waals surface area contributed by atoms with Gasteiger partial charge in [0, 0.05) is 10.2 Å². The Labute approximate surface area is 136 Å². The minimum Gasteiger partial charge on any atom is -0.487 e. The van der Waals surface area contributed by atoms with Gasteiger partial charge in [-0.1, -0.05) is 24.4 Å². The predicted molar refractivity (Wildman–Crippen MR) is 90.8 cm³/mol. The van der Waals surface area contributed by atoms with Crippen LogP contribution >= 0.6 is 28.1 Å². The molecule has 3 N–H and O–H groups in total. The van der Waals surface area contributed by atoms with E-state index in [4.69, 9.17) is 22.7 Å². The number of halogens is 1. The van der Waals surface area contributed by atoms with Crippen LogP contribution < -0.4 is 15.8 Å². The SMILES string of the molecule is NC(=S)COc1ccc(NC(=O)c2ccccc2Br)cc1. The number of hydrogen-bond donors (Lipinski definition) is 2. The van der Waals surface area contributed by atoms with Crippen LogP contribution in [0.15, 0.2) is 53.0 Å². The lowest BCUT2D eigenvalue weighted by atomic mass is 10.2. The molecule has 2 aromatic carbocycles. The summed E-state index contributed by atoms with van der Waals surface area (Å²) < 4.78 is 6.09. The molecule has 0 unspecified atom stereocenters. The van der Waals surface area contributed by atoms with E-state index in [1.165, 1.54) is 0 Å². The van der Waals surface area contributed by atoms with Crippen molar-refractivity contribution in [3.63, 3.8) is 0 Å². The van der Waals surface area contributed by atoms with Gasteiger partial charge in [-0.2, -0.15) is 0 Å². The largest absolute Gasteiger partial charge is 0.487 e. The molecule has 0 aromatic heterocycles. The van der Waals surface area contributed by atoms with Gasteiger partial charge in [0.15, 0.2) is 0 Å². The molecule has 0 fully saturated rings. The van der Waals surface area contributed by atoms with Crippen LogP contribution in [0, 0.1) is 0 Å². The number of ether oxygens (including phenoxy) is 1. The Morgan fingerprint density at radius 1 is 1.19 bits per heavy atom. The van der Waals surface area contributed by atoms with Gasteiger partial charge in [-0.05, 0) is 52.3 Å². The van der Waals surface area contributed by atoms with Crippen LogP contribution in [0.4, 0.5) is 5.69 Å². The average Bonchev–Trinajstić information content (AvgIpc) is 2.47. The van der Waals surface area contributed by atoms with E-state index < -0.39 is 0 Å². The highest BCUT2D eigenvalue weighted by Gasteiger charge is 2.09. The number of hydrogen-bond acceptors (Lipinski definition) is 3. The van der Waals surface area contributed by atoms with Gasteiger partial charge >= 0.3 is 0 Å². The zero-order chi connectivity index (χ0) is 15.2. The summed E-state index contributed by atoms with van der Waals surface area (Å²) in [6, 6.07) is 14.2. The van der Waals surface area contributed by atoms with E-state index in [0.717, 1.165) is 4.47 Å². The predicted octanol–water partition coefficient (Wildman–Crippen LogP) is 3.37. The topological polar surface area (TPSA) is 64.3 Å². The van der Waals surface area contributed by atoms with Gasteiger partial charge in [0.2, 0.25) is 0 Å². The van der Waals surface area contributed by atoms with Crippen molar-refractivity contribution in [1.82, 2.24) is 0 Å². The maximum Gasteiger partial charge on any atom is 0.256 e. The molecule has 0 saturated carbocycles. The zero-order valence-electron chi connectivity index (χ0n) is 11.0. The standard InChI is InChI=1S/C15H13BrN2O2S/c16-13-4-2-1-3-12(13)15(19)18-10-5-7-11(8-6-10)20-9-14(17)21/h1-8H,9H2,(H2,17,21)(H,18,19). The Kier molecular flexibility index (Phi) is 5.30. The van der Waals surface area contributed by atoms with Crippen molar-refractivity contribution in [2.75, 3.05) is 11.9 Å². The highest BCUT2D eigenvalue weighted by molar-refractivity contribution is 9.10. The van der Waals surface area contributed by atoms with Gasteiger partial charge in [0.05, 0.1) is 5.56 Å². The Morgan fingerprint density at radius 3 is 2.48 bits per heavy atom. The smallest absolute Gasteiger partial charge is 0.256 e. The van der Waals surface area contributed by atoms with Crippen LogP contribution in [0.25, 0.3) is 0 Å². The van der Waals surface area contributed by atoms with Crippen molar-refractivity contribution in [3.8, 4) is 5.75 Å². The van der Waals surface area contributed by atoms with Crippen molar-refractivity contribution in [2.45, 2.75) is 0 Å². The summed E-state index contributed by atoms with van der Waals surface area (Å²) in [5.41, 5.74) is 6.61. The fourth-order valence-electron chi connectivity index (χ4n) is 1.63. The summed E-state index contributed by atoms with van der Waals surface area (Å²) in [5, 5.41) is 2.82. The molecule has 1 amide bonds. The van der Waals surface area contributed by atoms with Gasteiger partial charge < -0.3 is 15.8 Å². The van der Waals surface area contributed by atoms with Gasteiger partial charge in [-0.15, -0.1) is 0 Å². The molecule has 0 bridgehead atoms. The van der Waals surface area contributed by atoms with E-state index in [1.807, 2.05) is 18.2 Å². The van der Waals surface area contributed by atoms with Crippen LogP contribution in [-0.4, -0.2) is 17.5 Å². The number of thiocarbonyl (C=S) groups is 1. The second-order valence-corrected chi connectivity index (χ2v) is 5.59. The highest BCUT2D eigenvalue weighted by atomic mass is 79.9. The molecule has 2 rings (SSSR count). The maximum absolute atomic E-state index is 12.1. The van der Waals surface area contributed by atoms with E-state index in [1.54, 1.807) is 30.3 Å². The molecule has 0 radical (unpaired) electrons. The Hall–Kier alpha value is -1.92. The van der Waals surface area contributed by atoms with Crippen LogP contribution in [-0.2, 0) is 0 Å². The van der Waals surface area contributed by atoms with Gasteiger partial charge in [-0.25, -0.2) is 0 Å². The van der Waals surface area contributed by atoms with Crippen LogP contribution in [0.3, 0.4) is 0 Å². The van der Waals surface area contributed by atoms with E-state index in [9.17, 15) is 4.79 Å². The Morgan fingerprint density at radius 2 is 1.86 bits per heavy atom. The summed E-state index contributed by atoms with van der Waals surface area (Å²) in [6.45, 7) is 0.192. The van der Waals surface area contributed by atoms with E-state index >= 15 is 0 Å². The maximum atomic E-state index is 12.1.